The lowest BCUT2D eigenvalue weighted by molar-refractivity contribution is -0.385. The monoisotopic (exact) mass is 414 g/mol. The molecule has 1 aliphatic rings. The molecule has 0 aliphatic carbocycles. The normalized spacial score (nSPS) is 15.3. The molecule has 0 saturated carbocycles. The number of nitrogens with zero attached hydrogens (tertiary/aromatic N) is 3. The average Bonchev–Trinajstić information content (AvgIpc) is 3.17. The van der Waals surface area contributed by atoms with Gasteiger partial charge in [0.2, 0.25) is 10.0 Å². The number of pyridine rings is 1. The Morgan fingerprint density at radius 2 is 2.14 bits per heavy atom. The fourth-order valence-corrected chi connectivity index (χ4v) is 4.97. The van der Waals surface area contributed by atoms with Crippen LogP contribution in [-0.2, 0) is 10.0 Å². The number of fused-ring (bicyclic) bond motifs is 1. The second-order valence-electron chi connectivity index (χ2n) is 6.54. The molecule has 0 radical (unpaired) electrons. The van der Waals surface area contributed by atoms with Crippen molar-refractivity contribution in [1.29, 1.82) is 0 Å². The summed E-state index contributed by atoms with van der Waals surface area (Å²) in [4.78, 5) is 17.7. The summed E-state index contributed by atoms with van der Waals surface area (Å²) in [5.74, 6) is -0.0447. The van der Waals surface area contributed by atoms with E-state index >= 15 is 0 Å². The van der Waals surface area contributed by atoms with Gasteiger partial charge in [0.05, 0.1) is 18.1 Å². The van der Waals surface area contributed by atoms with Crippen molar-refractivity contribution < 1.29 is 18.1 Å². The molecule has 0 amide bonds. The molecule has 1 aromatic carbocycles. The van der Waals surface area contributed by atoms with E-state index < -0.39 is 14.9 Å². The number of rotatable bonds is 5. The van der Waals surface area contributed by atoms with Gasteiger partial charge in [0.25, 0.3) is 5.69 Å². The number of nitro benzene ring substituents is 1. The first-order valence-electron chi connectivity index (χ1n) is 8.86. The molecule has 0 spiro atoms. The summed E-state index contributed by atoms with van der Waals surface area (Å²) in [5, 5.41) is 11.9. The molecule has 0 fully saturated rings. The summed E-state index contributed by atoms with van der Waals surface area (Å²) >= 11 is 0. The summed E-state index contributed by atoms with van der Waals surface area (Å²) < 4.78 is 32.6. The van der Waals surface area contributed by atoms with Gasteiger partial charge in [-0.15, -0.1) is 0 Å². The summed E-state index contributed by atoms with van der Waals surface area (Å²) in [7, 11) is -2.57. The molecule has 9 nitrogen and oxygen atoms in total. The van der Waals surface area contributed by atoms with Crippen molar-refractivity contribution in [3.05, 3.63) is 64.5 Å². The van der Waals surface area contributed by atoms with Crippen LogP contribution in [0.15, 0.2) is 53.7 Å². The van der Waals surface area contributed by atoms with Gasteiger partial charge in [0, 0.05) is 42.5 Å². The Balaban J connectivity index is 1.63. The topological polar surface area (TPSA) is 118 Å². The van der Waals surface area contributed by atoms with Crippen LogP contribution in [0.25, 0.3) is 16.6 Å². The minimum Gasteiger partial charge on any atom is -0.495 e. The molecule has 0 unspecified atom stereocenters. The number of hydrogen-bond donors (Lipinski definition) is 1. The summed E-state index contributed by atoms with van der Waals surface area (Å²) in [6.07, 6.45) is 6.02. The van der Waals surface area contributed by atoms with E-state index in [0.29, 0.717) is 13.0 Å². The number of methoxy groups -OCH3 is 1. The van der Waals surface area contributed by atoms with Gasteiger partial charge in [-0.3, -0.25) is 10.1 Å². The Kier molecular flexibility index (Phi) is 4.81. The molecule has 0 atom stereocenters. The summed E-state index contributed by atoms with van der Waals surface area (Å²) in [6.45, 7) is 0.492. The Morgan fingerprint density at radius 1 is 1.31 bits per heavy atom. The smallest absolute Gasteiger partial charge is 0.273 e. The predicted octanol–water partition coefficient (Wildman–Crippen LogP) is 2.96. The quantitative estimate of drug-likeness (QED) is 0.506. The molecule has 1 N–H and O–H groups in total. The van der Waals surface area contributed by atoms with Gasteiger partial charge in [0.15, 0.2) is 0 Å². The van der Waals surface area contributed by atoms with Crippen LogP contribution >= 0.6 is 0 Å². The molecule has 29 heavy (non-hydrogen) atoms. The second kappa shape index (κ2) is 7.30. The van der Waals surface area contributed by atoms with E-state index in [9.17, 15) is 18.5 Å². The minimum absolute atomic E-state index is 0.0447. The van der Waals surface area contributed by atoms with Crippen LogP contribution in [0, 0.1) is 10.1 Å². The Morgan fingerprint density at radius 3 is 2.83 bits per heavy atom. The number of non-ortho nitro benzene ring substituents is 1. The molecule has 4 rings (SSSR count). The predicted molar refractivity (Wildman–Crippen MR) is 107 cm³/mol. The van der Waals surface area contributed by atoms with Crippen LogP contribution < -0.4 is 4.74 Å². The summed E-state index contributed by atoms with van der Waals surface area (Å²) in [6, 6.07) is 7.34. The van der Waals surface area contributed by atoms with Gasteiger partial charge in [-0.2, -0.15) is 4.31 Å². The molecule has 150 valence electrons. The maximum Gasteiger partial charge on any atom is 0.273 e. The first kappa shape index (κ1) is 19.1. The molecule has 3 aromatic rings. The standard InChI is InChI=1S/C19H18N4O5S/c1-28-17-11-14(23(24)25)4-5-18(17)29(26,27)22-9-6-13(7-10-22)16-12-21-19-15(16)3-2-8-20-19/h2-6,8,11-12H,7,9-10H2,1H3,(H,20,21). The molecular formula is C19H18N4O5S. The van der Waals surface area contributed by atoms with Crippen molar-refractivity contribution in [3.8, 4) is 5.75 Å². The zero-order chi connectivity index (χ0) is 20.6. The fraction of sp³-hybridized carbons (Fsp3) is 0.211. The zero-order valence-electron chi connectivity index (χ0n) is 15.5. The highest BCUT2D eigenvalue weighted by atomic mass is 32.2. The SMILES string of the molecule is COc1cc([N+](=O)[O-])ccc1S(=O)(=O)N1CC=C(c2c[nH]c3ncccc23)CC1. The lowest BCUT2D eigenvalue weighted by atomic mass is 10.0. The van der Waals surface area contributed by atoms with E-state index in [1.807, 2.05) is 24.4 Å². The number of nitrogens with one attached hydrogen (secondary N) is 1. The summed E-state index contributed by atoms with van der Waals surface area (Å²) in [5.41, 5.74) is 2.62. The molecular weight excluding hydrogens is 396 g/mol. The maximum atomic E-state index is 13.1. The fourth-order valence-electron chi connectivity index (χ4n) is 3.46. The van der Waals surface area contributed by atoms with Crippen LogP contribution in [0.3, 0.4) is 0 Å². The number of ether oxygens (including phenoxy) is 1. The zero-order valence-corrected chi connectivity index (χ0v) is 16.3. The number of sulfonamides is 1. The van der Waals surface area contributed by atoms with Gasteiger partial charge < -0.3 is 9.72 Å². The van der Waals surface area contributed by atoms with E-state index in [4.69, 9.17) is 4.74 Å². The molecule has 1 aliphatic heterocycles. The molecule has 0 saturated heterocycles. The number of benzene rings is 1. The second-order valence-corrected chi connectivity index (χ2v) is 8.44. The van der Waals surface area contributed by atoms with Crippen LogP contribution in [0.5, 0.6) is 5.75 Å². The maximum absolute atomic E-state index is 13.1. The lowest BCUT2D eigenvalue weighted by Crippen LogP contribution is -2.34. The number of aromatic amines is 1. The third-order valence-corrected chi connectivity index (χ3v) is 6.85. The van der Waals surface area contributed by atoms with Crippen molar-refractivity contribution in [2.45, 2.75) is 11.3 Å². The largest absolute Gasteiger partial charge is 0.495 e. The highest BCUT2D eigenvalue weighted by molar-refractivity contribution is 7.89. The Hall–Kier alpha value is -3.24. The van der Waals surface area contributed by atoms with Crippen LogP contribution in [0.1, 0.15) is 12.0 Å². The van der Waals surface area contributed by atoms with Crippen LogP contribution in [0.4, 0.5) is 5.69 Å². The number of hydrogen-bond acceptors (Lipinski definition) is 6. The highest BCUT2D eigenvalue weighted by Crippen LogP contribution is 2.34. The lowest BCUT2D eigenvalue weighted by Gasteiger charge is -2.26. The first-order valence-corrected chi connectivity index (χ1v) is 10.3. The van der Waals surface area contributed by atoms with Gasteiger partial charge in [-0.1, -0.05) is 6.08 Å². The Labute approximate surface area is 166 Å². The average molecular weight is 414 g/mol. The van der Waals surface area contributed by atoms with E-state index in [1.54, 1.807) is 6.20 Å². The van der Waals surface area contributed by atoms with E-state index in [-0.39, 0.29) is 22.9 Å². The van der Waals surface area contributed by atoms with Gasteiger partial charge in [0.1, 0.15) is 16.3 Å². The van der Waals surface area contributed by atoms with Crippen molar-refractivity contribution in [1.82, 2.24) is 14.3 Å². The van der Waals surface area contributed by atoms with Crippen molar-refractivity contribution in [2.75, 3.05) is 20.2 Å². The first-order chi connectivity index (χ1) is 13.9. The van der Waals surface area contributed by atoms with Crippen molar-refractivity contribution >= 4 is 32.3 Å². The molecule has 3 heterocycles. The van der Waals surface area contributed by atoms with Gasteiger partial charge in [-0.25, -0.2) is 13.4 Å². The van der Waals surface area contributed by atoms with E-state index in [2.05, 4.69) is 9.97 Å². The van der Waals surface area contributed by atoms with E-state index in [0.717, 1.165) is 28.2 Å². The Bertz CT molecular complexity index is 1230. The van der Waals surface area contributed by atoms with Crippen molar-refractivity contribution in [2.24, 2.45) is 0 Å². The molecule has 10 heteroatoms. The van der Waals surface area contributed by atoms with Gasteiger partial charge >= 0.3 is 0 Å². The van der Waals surface area contributed by atoms with E-state index in [1.165, 1.54) is 23.5 Å². The van der Waals surface area contributed by atoms with Crippen LogP contribution in [0.2, 0.25) is 0 Å². The van der Waals surface area contributed by atoms with Crippen LogP contribution in [-0.4, -0.2) is 47.8 Å². The molecule has 2 aromatic heterocycles. The minimum atomic E-state index is -3.86. The number of H-pyrrole nitrogens is 1. The van der Waals surface area contributed by atoms with Gasteiger partial charge in [-0.05, 0) is 30.2 Å². The molecule has 0 bridgehead atoms. The number of nitro groups is 1. The highest BCUT2D eigenvalue weighted by Gasteiger charge is 2.30. The van der Waals surface area contributed by atoms with Crippen molar-refractivity contribution in [3.63, 3.8) is 0 Å². The number of aromatic nitrogens is 2. The third-order valence-electron chi connectivity index (χ3n) is 4.94. The third kappa shape index (κ3) is 3.36.